The van der Waals surface area contributed by atoms with Crippen molar-refractivity contribution in [2.45, 2.75) is 87.0 Å². The van der Waals surface area contributed by atoms with Crippen LogP contribution in [0, 0.1) is 27.7 Å². The molecular formula is C35H44Cl2N4O2. The van der Waals surface area contributed by atoms with E-state index < -0.39 is 0 Å². The second-order valence-corrected chi connectivity index (χ2v) is 12.2. The number of esters is 1. The van der Waals surface area contributed by atoms with Gasteiger partial charge in [-0.05, 0) is 124 Å². The highest BCUT2D eigenvalue weighted by molar-refractivity contribution is 6.23. The van der Waals surface area contributed by atoms with Gasteiger partial charge in [-0.3, -0.25) is 14.8 Å². The van der Waals surface area contributed by atoms with Crippen LogP contribution in [0.2, 0.25) is 0 Å². The van der Waals surface area contributed by atoms with E-state index in [1.165, 1.54) is 40.6 Å². The minimum absolute atomic E-state index is 0.204. The summed E-state index contributed by atoms with van der Waals surface area (Å²) in [5.74, 6) is 0.855. The van der Waals surface area contributed by atoms with Crippen LogP contribution in [0.25, 0.3) is 12.2 Å². The molecule has 6 nitrogen and oxygen atoms in total. The molecular weight excluding hydrogens is 579 g/mol. The number of ether oxygens (including phenoxy) is 1. The van der Waals surface area contributed by atoms with Crippen molar-refractivity contribution in [1.29, 1.82) is 0 Å². The number of allylic oxidation sites excluding steroid dienone is 4. The molecule has 0 unspecified atom stereocenters. The first-order valence-corrected chi connectivity index (χ1v) is 16.2. The molecule has 0 spiro atoms. The van der Waals surface area contributed by atoms with E-state index in [0.29, 0.717) is 31.0 Å². The number of aliphatic imine (C=N–C) groups is 2. The largest absolute Gasteiger partial charge is 0.469 e. The van der Waals surface area contributed by atoms with Crippen molar-refractivity contribution < 1.29 is 9.53 Å². The van der Waals surface area contributed by atoms with E-state index in [1.807, 2.05) is 6.92 Å². The molecule has 0 saturated heterocycles. The summed E-state index contributed by atoms with van der Waals surface area (Å²) in [6.45, 7) is 14.9. The number of halogens is 2. The summed E-state index contributed by atoms with van der Waals surface area (Å²) in [5, 5.41) is 0. The summed E-state index contributed by atoms with van der Waals surface area (Å²) in [6.07, 6.45) is 8.41. The van der Waals surface area contributed by atoms with Crippen molar-refractivity contribution in [3.63, 3.8) is 0 Å². The van der Waals surface area contributed by atoms with Crippen LogP contribution in [-0.2, 0) is 22.4 Å². The molecule has 0 bridgehead atoms. The second-order valence-electron chi connectivity index (χ2n) is 11.4. The number of alkyl halides is 2. The number of hydrogen-bond acceptors (Lipinski definition) is 4. The Balaban J connectivity index is 1.69. The molecule has 0 amide bonds. The third-order valence-electron chi connectivity index (χ3n) is 8.90. The maximum Gasteiger partial charge on any atom is 0.305 e. The predicted molar refractivity (Wildman–Crippen MR) is 182 cm³/mol. The Labute approximate surface area is 266 Å². The van der Waals surface area contributed by atoms with Gasteiger partial charge in [-0.15, -0.1) is 23.2 Å². The fourth-order valence-electron chi connectivity index (χ4n) is 6.33. The van der Waals surface area contributed by atoms with Crippen LogP contribution in [0.1, 0.15) is 91.5 Å². The summed E-state index contributed by atoms with van der Waals surface area (Å²) >= 11 is 12.6. The molecule has 0 aromatic carbocycles. The summed E-state index contributed by atoms with van der Waals surface area (Å²) in [4.78, 5) is 29.1. The average Bonchev–Trinajstić information content (AvgIpc) is 3.62. The fourth-order valence-corrected chi connectivity index (χ4v) is 6.71. The van der Waals surface area contributed by atoms with Gasteiger partial charge in [0.15, 0.2) is 0 Å². The molecule has 2 N–H and O–H groups in total. The van der Waals surface area contributed by atoms with E-state index in [9.17, 15) is 4.79 Å². The van der Waals surface area contributed by atoms with Crippen molar-refractivity contribution in [3.05, 3.63) is 78.7 Å². The van der Waals surface area contributed by atoms with Gasteiger partial charge in [0.1, 0.15) is 0 Å². The Bertz CT molecular complexity index is 1610. The normalized spacial score (nSPS) is 17.2. The fraction of sp³-hybridized carbons (Fsp3) is 0.457. The van der Waals surface area contributed by atoms with Gasteiger partial charge in [0.25, 0.3) is 0 Å². The third-order valence-corrected chi connectivity index (χ3v) is 9.28. The monoisotopic (exact) mass is 622 g/mol. The van der Waals surface area contributed by atoms with Crippen molar-refractivity contribution in [3.8, 4) is 0 Å². The number of hydrogen-bond donors (Lipinski definition) is 2. The Hall–Kier alpha value is -3.09. The van der Waals surface area contributed by atoms with Gasteiger partial charge in [-0.25, -0.2) is 0 Å². The summed E-state index contributed by atoms with van der Waals surface area (Å²) < 4.78 is 4.84. The quantitative estimate of drug-likeness (QED) is 0.183. The summed E-state index contributed by atoms with van der Waals surface area (Å²) in [7, 11) is 1.42. The van der Waals surface area contributed by atoms with Crippen LogP contribution in [0.3, 0.4) is 0 Å². The lowest BCUT2D eigenvalue weighted by Crippen LogP contribution is -2.10. The number of nitrogens with one attached hydrogen (secondary N) is 2. The van der Waals surface area contributed by atoms with Crippen molar-refractivity contribution >= 4 is 52.7 Å². The highest BCUT2D eigenvalue weighted by Gasteiger charge is 2.27. The molecule has 0 atom stereocenters. The first-order valence-electron chi connectivity index (χ1n) is 15.1. The number of carbonyl (C=O) groups is 1. The Morgan fingerprint density at radius 2 is 1.33 bits per heavy atom. The van der Waals surface area contributed by atoms with Crippen LogP contribution in [0.5, 0.6) is 0 Å². The maximum absolute atomic E-state index is 11.7. The first kappa shape index (κ1) is 32.8. The number of carbonyl (C=O) groups excluding carboxylic acids is 1. The molecule has 0 saturated carbocycles. The standard InChI is InChI=1S/C35H44Cl2N4O2/c1-9-25-19(2)30(38-23(25)6)17-33-28(13-15-37)22(5)32(41-33)18-34-27(12-14-36)21(4)31(40-34)16-29-20(3)26(24(7)39-29)10-11-35(42)43-8/h16-17,38-39H,9-15,18H2,1-8H3/b31-16-,33-17-. The number of H-pyrrole nitrogens is 2. The van der Waals surface area contributed by atoms with Gasteiger partial charge in [0.2, 0.25) is 0 Å². The zero-order valence-corrected chi connectivity index (χ0v) is 28.3. The smallest absolute Gasteiger partial charge is 0.305 e. The molecule has 43 heavy (non-hydrogen) atoms. The van der Waals surface area contributed by atoms with Gasteiger partial charge in [0, 0.05) is 47.4 Å². The number of methoxy groups -OCH3 is 1. The van der Waals surface area contributed by atoms with Crippen molar-refractivity contribution in [1.82, 2.24) is 9.97 Å². The van der Waals surface area contributed by atoms with Gasteiger partial charge in [0.05, 0.1) is 29.9 Å². The van der Waals surface area contributed by atoms with Crippen LogP contribution in [0.4, 0.5) is 0 Å². The minimum Gasteiger partial charge on any atom is -0.469 e. The topological polar surface area (TPSA) is 82.6 Å². The first-order chi connectivity index (χ1) is 20.5. The Kier molecular flexibility index (Phi) is 10.8. The molecule has 230 valence electrons. The molecule has 4 rings (SSSR count). The van der Waals surface area contributed by atoms with Crippen molar-refractivity contribution in [2.24, 2.45) is 9.98 Å². The number of nitrogens with zero attached hydrogens (tertiary/aromatic N) is 2. The van der Waals surface area contributed by atoms with Crippen molar-refractivity contribution in [2.75, 3.05) is 18.9 Å². The number of aromatic amines is 2. The zero-order valence-electron chi connectivity index (χ0n) is 26.8. The lowest BCUT2D eigenvalue weighted by Gasteiger charge is -2.08. The second kappa shape index (κ2) is 14.1. The van der Waals surface area contributed by atoms with Crippen LogP contribution >= 0.6 is 23.2 Å². The van der Waals surface area contributed by atoms with Gasteiger partial charge >= 0.3 is 5.97 Å². The van der Waals surface area contributed by atoms with E-state index in [0.717, 1.165) is 75.9 Å². The molecule has 2 aromatic heterocycles. The van der Waals surface area contributed by atoms with Gasteiger partial charge in [-0.1, -0.05) is 6.92 Å². The lowest BCUT2D eigenvalue weighted by atomic mass is 9.95. The number of rotatable bonds is 12. The maximum atomic E-state index is 11.7. The van der Waals surface area contributed by atoms with E-state index in [2.05, 4.69) is 63.7 Å². The highest BCUT2D eigenvalue weighted by Crippen LogP contribution is 2.36. The summed E-state index contributed by atoms with van der Waals surface area (Å²) in [5.41, 5.74) is 18.0. The SMILES string of the molecule is CCc1c(C)[nH]c(/C=C2\N=C(CC3=N/C(=C\c4[nH]c(C)c(CCC(=O)OC)c4C)C(C)=C3CCCl)C(C)=C2CCCl)c1C. The Morgan fingerprint density at radius 1 is 0.767 bits per heavy atom. The van der Waals surface area contributed by atoms with Crippen LogP contribution < -0.4 is 0 Å². The number of aromatic nitrogens is 2. The summed E-state index contributed by atoms with van der Waals surface area (Å²) in [6, 6.07) is 0. The molecule has 0 fully saturated rings. The molecule has 2 aromatic rings. The molecule has 2 aliphatic heterocycles. The minimum atomic E-state index is -0.204. The zero-order chi connectivity index (χ0) is 31.4. The lowest BCUT2D eigenvalue weighted by molar-refractivity contribution is -0.140. The molecule has 2 aliphatic rings. The van der Waals surface area contributed by atoms with Crippen LogP contribution in [-0.4, -0.2) is 46.2 Å². The highest BCUT2D eigenvalue weighted by atomic mass is 35.5. The molecule has 4 heterocycles. The Morgan fingerprint density at radius 3 is 1.91 bits per heavy atom. The molecule has 0 radical (unpaired) electrons. The van der Waals surface area contributed by atoms with E-state index in [4.69, 9.17) is 37.9 Å². The van der Waals surface area contributed by atoms with Gasteiger partial charge < -0.3 is 14.7 Å². The third kappa shape index (κ3) is 6.86. The molecule has 0 aliphatic carbocycles. The van der Waals surface area contributed by atoms with Gasteiger partial charge in [-0.2, -0.15) is 0 Å². The van der Waals surface area contributed by atoms with E-state index in [1.54, 1.807) is 0 Å². The van der Waals surface area contributed by atoms with E-state index >= 15 is 0 Å². The number of aryl methyl sites for hydroxylation is 2. The predicted octanol–water partition coefficient (Wildman–Crippen LogP) is 8.82. The average molecular weight is 624 g/mol. The van der Waals surface area contributed by atoms with E-state index in [-0.39, 0.29) is 5.97 Å². The van der Waals surface area contributed by atoms with Crippen LogP contribution in [0.15, 0.2) is 43.7 Å². The molecule has 8 heteroatoms.